The maximum absolute atomic E-state index is 12.0. The van der Waals surface area contributed by atoms with Gasteiger partial charge in [-0.25, -0.2) is 8.42 Å². The van der Waals surface area contributed by atoms with Crippen molar-refractivity contribution < 1.29 is 8.42 Å². The van der Waals surface area contributed by atoms with Gasteiger partial charge in [0.2, 0.25) is 10.0 Å². The predicted molar refractivity (Wildman–Crippen MR) is 79.2 cm³/mol. The fourth-order valence-corrected chi connectivity index (χ4v) is 3.28. The summed E-state index contributed by atoms with van der Waals surface area (Å²) < 4.78 is 26.5. The van der Waals surface area contributed by atoms with Gasteiger partial charge in [-0.2, -0.15) is 0 Å². The molecule has 0 bridgehead atoms. The standard InChI is InChI=1S/C13H11Cl2NO2S/c14-11-5-3-6-12(8-11)16-19(17,18)9-10-4-1-2-7-13(10)15/h1-8,16H,9H2. The Morgan fingerprint density at radius 3 is 2.42 bits per heavy atom. The number of nitrogens with one attached hydrogen (secondary N) is 1. The normalized spacial score (nSPS) is 11.3. The van der Waals surface area contributed by atoms with E-state index in [0.29, 0.717) is 21.3 Å². The van der Waals surface area contributed by atoms with Crippen LogP contribution in [-0.4, -0.2) is 8.42 Å². The minimum absolute atomic E-state index is 0.181. The number of anilines is 1. The van der Waals surface area contributed by atoms with E-state index in [4.69, 9.17) is 23.2 Å². The Morgan fingerprint density at radius 1 is 1.00 bits per heavy atom. The van der Waals surface area contributed by atoms with Crippen LogP contribution in [0.4, 0.5) is 5.69 Å². The second-order valence-corrected chi connectivity index (χ2v) is 6.53. The van der Waals surface area contributed by atoms with Crippen LogP contribution >= 0.6 is 23.2 Å². The van der Waals surface area contributed by atoms with Gasteiger partial charge < -0.3 is 0 Å². The molecule has 0 spiro atoms. The zero-order valence-electron chi connectivity index (χ0n) is 9.81. The lowest BCUT2D eigenvalue weighted by Gasteiger charge is -2.09. The molecule has 3 nitrogen and oxygen atoms in total. The van der Waals surface area contributed by atoms with Crippen LogP contribution in [0.3, 0.4) is 0 Å². The van der Waals surface area contributed by atoms with Crippen molar-refractivity contribution in [3.63, 3.8) is 0 Å². The van der Waals surface area contributed by atoms with Crippen molar-refractivity contribution in [3.8, 4) is 0 Å². The number of hydrogen-bond acceptors (Lipinski definition) is 2. The summed E-state index contributed by atoms with van der Waals surface area (Å²) in [6, 6.07) is 13.4. The molecule has 0 heterocycles. The first-order valence-corrected chi connectivity index (χ1v) is 7.86. The summed E-state index contributed by atoms with van der Waals surface area (Å²) >= 11 is 11.7. The molecule has 0 aliphatic rings. The number of sulfonamides is 1. The van der Waals surface area contributed by atoms with Crippen LogP contribution < -0.4 is 4.72 Å². The molecule has 19 heavy (non-hydrogen) atoms. The van der Waals surface area contributed by atoms with Gasteiger partial charge in [0.1, 0.15) is 0 Å². The molecule has 0 amide bonds. The van der Waals surface area contributed by atoms with E-state index in [1.54, 1.807) is 48.5 Å². The van der Waals surface area contributed by atoms with E-state index < -0.39 is 10.0 Å². The van der Waals surface area contributed by atoms with Crippen LogP contribution in [-0.2, 0) is 15.8 Å². The summed E-state index contributed by atoms with van der Waals surface area (Å²) in [5.41, 5.74) is 0.984. The van der Waals surface area contributed by atoms with Gasteiger partial charge in [0.25, 0.3) is 0 Å². The smallest absolute Gasteiger partial charge is 0.236 e. The summed E-state index contributed by atoms with van der Waals surface area (Å²) in [5.74, 6) is -0.181. The molecule has 0 unspecified atom stereocenters. The topological polar surface area (TPSA) is 46.2 Å². The first kappa shape index (κ1) is 14.2. The number of halogens is 2. The second-order valence-electron chi connectivity index (χ2n) is 3.96. The van der Waals surface area contributed by atoms with Crippen LogP contribution in [0.1, 0.15) is 5.56 Å². The minimum atomic E-state index is -3.52. The molecule has 0 saturated carbocycles. The van der Waals surface area contributed by atoms with Crippen molar-refractivity contribution in [2.75, 3.05) is 4.72 Å². The quantitative estimate of drug-likeness (QED) is 0.929. The SMILES string of the molecule is O=S(=O)(Cc1ccccc1Cl)Nc1cccc(Cl)c1. The zero-order chi connectivity index (χ0) is 13.9. The van der Waals surface area contributed by atoms with Crippen LogP contribution in [0, 0.1) is 0 Å². The van der Waals surface area contributed by atoms with Crippen molar-refractivity contribution in [3.05, 3.63) is 64.1 Å². The number of benzene rings is 2. The van der Waals surface area contributed by atoms with Gasteiger partial charge in [-0.05, 0) is 29.8 Å². The lowest BCUT2D eigenvalue weighted by molar-refractivity contribution is 0.600. The summed E-state index contributed by atoms with van der Waals surface area (Å²) in [6.07, 6.45) is 0. The minimum Gasteiger partial charge on any atom is -0.283 e. The molecule has 0 saturated heterocycles. The van der Waals surface area contributed by atoms with Crippen molar-refractivity contribution in [2.45, 2.75) is 5.75 Å². The maximum atomic E-state index is 12.0. The Hall–Kier alpha value is -1.23. The van der Waals surface area contributed by atoms with E-state index in [9.17, 15) is 8.42 Å². The zero-order valence-corrected chi connectivity index (χ0v) is 12.1. The Balaban J connectivity index is 2.18. The van der Waals surface area contributed by atoms with Crippen LogP contribution in [0.25, 0.3) is 0 Å². The fourth-order valence-electron chi connectivity index (χ4n) is 1.59. The van der Waals surface area contributed by atoms with E-state index in [1.165, 1.54) is 0 Å². The molecule has 2 rings (SSSR count). The highest BCUT2D eigenvalue weighted by molar-refractivity contribution is 7.91. The second kappa shape index (κ2) is 5.82. The van der Waals surface area contributed by atoms with Gasteiger partial charge in [-0.1, -0.05) is 47.5 Å². The third-order valence-electron chi connectivity index (χ3n) is 2.40. The molecule has 0 aliphatic carbocycles. The van der Waals surface area contributed by atoms with E-state index in [1.807, 2.05) is 0 Å². The lowest BCUT2D eigenvalue weighted by Crippen LogP contribution is -2.15. The average Bonchev–Trinajstić information content (AvgIpc) is 2.31. The van der Waals surface area contributed by atoms with Crippen molar-refractivity contribution in [1.82, 2.24) is 0 Å². The summed E-state index contributed by atoms with van der Waals surface area (Å²) in [7, 11) is -3.52. The molecular weight excluding hydrogens is 305 g/mol. The molecule has 0 fully saturated rings. The first-order valence-electron chi connectivity index (χ1n) is 5.46. The molecule has 0 atom stereocenters. The molecular formula is C13H11Cl2NO2S. The Morgan fingerprint density at radius 2 is 1.74 bits per heavy atom. The maximum Gasteiger partial charge on any atom is 0.236 e. The third kappa shape index (κ3) is 4.13. The van der Waals surface area contributed by atoms with Gasteiger partial charge in [0.15, 0.2) is 0 Å². The number of rotatable bonds is 4. The Labute approximate surface area is 122 Å². The van der Waals surface area contributed by atoms with Crippen LogP contribution in [0.15, 0.2) is 48.5 Å². The molecule has 6 heteroatoms. The molecule has 1 N–H and O–H groups in total. The summed E-state index contributed by atoms with van der Waals surface area (Å²) in [4.78, 5) is 0. The van der Waals surface area contributed by atoms with E-state index in [-0.39, 0.29) is 5.75 Å². The van der Waals surface area contributed by atoms with Gasteiger partial charge >= 0.3 is 0 Å². The highest BCUT2D eigenvalue weighted by atomic mass is 35.5. The molecule has 0 aromatic heterocycles. The molecule has 2 aromatic rings. The molecule has 100 valence electrons. The van der Waals surface area contributed by atoms with E-state index >= 15 is 0 Å². The van der Waals surface area contributed by atoms with Gasteiger partial charge in [0, 0.05) is 15.7 Å². The predicted octanol–water partition coefficient (Wildman–Crippen LogP) is 3.94. The average molecular weight is 316 g/mol. The largest absolute Gasteiger partial charge is 0.283 e. The van der Waals surface area contributed by atoms with E-state index in [0.717, 1.165) is 0 Å². The van der Waals surface area contributed by atoms with Crippen LogP contribution in [0.5, 0.6) is 0 Å². The Kier molecular flexibility index (Phi) is 4.34. The van der Waals surface area contributed by atoms with Crippen molar-refractivity contribution in [1.29, 1.82) is 0 Å². The number of hydrogen-bond donors (Lipinski definition) is 1. The van der Waals surface area contributed by atoms with Gasteiger partial charge in [-0.15, -0.1) is 0 Å². The first-order chi connectivity index (χ1) is 8.96. The highest BCUT2D eigenvalue weighted by Gasteiger charge is 2.13. The van der Waals surface area contributed by atoms with Gasteiger partial charge in [0.05, 0.1) is 5.75 Å². The third-order valence-corrected chi connectivity index (χ3v) is 4.24. The molecule has 2 aromatic carbocycles. The molecule has 0 radical (unpaired) electrons. The Bertz CT molecular complexity index is 687. The van der Waals surface area contributed by atoms with Gasteiger partial charge in [-0.3, -0.25) is 4.72 Å². The fraction of sp³-hybridized carbons (Fsp3) is 0.0769. The molecule has 0 aliphatic heterocycles. The summed E-state index contributed by atoms with van der Waals surface area (Å²) in [6.45, 7) is 0. The monoisotopic (exact) mass is 315 g/mol. The van der Waals surface area contributed by atoms with Crippen molar-refractivity contribution in [2.24, 2.45) is 0 Å². The van der Waals surface area contributed by atoms with E-state index in [2.05, 4.69) is 4.72 Å². The van der Waals surface area contributed by atoms with Crippen molar-refractivity contribution >= 4 is 38.9 Å². The summed E-state index contributed by atoms with van der Waals surface area (Å²) in [5, 5.41) is 0.900. The highest BCUT2D eigenvalue weighted by Crippen LogP contribution is 2.20. The van der Waals surface area contributed by atoms with Crippen LogP contribution in [0.2, 0.25) is 10.0 Å². The lowest BCUT2D eigenvalue weighted by atomic mass is 10.2.